The zero-order valence-corrected chi connectivity index (χ0v) is 34.5. The Morgan fingerprint density at radius 3 is 2.54 bits per heavy atom. The van der Waals surface area contributed by atoms with Gasteiger partial charge in [-0.3, -0.25) is 9.59 Å². The molecule has 57 heavy (non-hydrogen) atoms. The molecule has 0 bridgehead atoms. The summed E-state index contributed by atoms with van der Waals surface area (Å²) in [6.07, 6.45) is 2.16. The minimum atomic E-state index is -1.89. The van der Waals surface area contributed by atoms with E-state index in [-0.39, 0.29) is 73.3 Å². The zero-order valence-electron chi connectivity index (χ0n) is 33.8. The SMILES string of the molecule is C[C@H]1CN(C(=O)CC(C)(C)C)CC[C@]1(F)c1cc(Cl)cnc1O[C@H]1C[C@@H](C(=O)OC(C)(C)C)N(c2nc(CCCOCCC(=O)O)nc3c2oc2ccccc23)C1. The Bertz CT molecular complexity index is 2120. The second kappa shape index (κ2) is 16.7. The van der Waals surface area contributed by atoms with Crippen LogP contribution >= 0.6 is 11.6 Å². The Morgan fingerprint density at radius 2 is 1.84 bits per heavy atom. The number of likely N-dealkylation sites (tertiary alicyclic amines) is 1. The van der Waals surface area contributed by atoms with E-state index in [1.165, 1.54) is 6.20 Å². The first-order chi connectivity index (χ1) is 26.8. The molecule has 3 aromatic heterocycles. The molecule has 4 aromatic rings. The van der Waals surface area contributed by atoms with Crippen LogP contribution in [0.3, 0.4) is 0 Å². The maximum Gasteiger partial charge on any atom is 0.329 e. The molecule has 6 rings (SSSR count). The number of esters is 1. The van der Waals surface area contributed by atoms with E-state index in [1.807, 2.05) is 45.0 Å². The van der Waals surface area contributed by atoms with Gasteiger partial charge in [0.1, 0.15) is 40.3 Å². The summed E-state index contributed by atoms with van der Waals surface area (Å²) in [5, 5.41) is 9.97. The molecule has 1 aromatic carbocycles. The van der Waals surface area contributed by atoms with Gasteiger partial charge in [-0.05, 0) is 50.8 Å². The maximum absolute atomic E-state index is 17.4. The van der Waals surface area contributed by atoms with E-state index in [0.29, 0.717) is 54.2 Å². The number of alkyl halides is 1. The Balaban J connectivity index is 1.32. The number of hydrogen-bond acceptors (Lipinski definition) is 11. The number of fused-ring (bicyclic) bond motifs is 3. The fourth-order valence-electron chi connectivity index (χ4n) is 7.51. The van der Waals surface area contributed by atoms with Gasteiger partial charge in [-0.15, -0.1) is 0 Å². The van der Waals surface area contributed by atoms with E-state index in [0.717, 1.165) is 5.39 Å². The number of benzene rings is 1. The quantitative estimate of drug-likeness (QED) is 0.104. The lowest BCUT2D eigenvalue weighted by atomic mass is 9.78. The first-order valence-electron chi connectivity index (χ1n) is 19.6. The van der Waals surface area contributed by atoms with Gasteiger partial charge >= 0.3 is 11.9 Å². The van der Waals surface area contributed by atoms with E-state index in [4.69, 9.17) is 45.3 Å². The van der Waals surface area contributed by atoms with Crippen molar-refractivity contribution in [3.63, 3.8) is 0 Å². The normalized spacial score (nSPS) is 21.7. The molecule has 13 nitrogen and oxygen atoms in total. The van der Waals surface area contributed by atoms with E-state index in [9.17, 15) is 14.4 Å². The van der Waals surface area contributed by atoms with Crippen molar-refractivity contribution < 1.29 is 42.5 Å². The first-order valence-corrected chi connectivity index (χ1v) is 20.0. The molecule has 1 N–H and O–H groups in total. The average molecular weight is 810 g/mol. The molecule has 0 aliphatic carbocycles. The van der Waals surface area contributed by atoms with Crippen LogP contribution in [0.15, 0.2) is 40.9 Å². The Labute approximate surface area is 337 Å². The number of furan rings is 1. The third kappa shape index (κ3) is 9.95. The van der Waals surface area contributed by atoms with Crippen molar-refractivity contribution in [2.45, 2.75) is 110 Å². The Kier molecular flexibility index (Phi) is 12.3. The topological polar surface area (TPSA) is 157 Å². The molecule has 2 aliphatic rings. The number of carboxylic acids is 1. The van der Waals surface area contributed by atoms with Gasteiger partial charge in [0.05, 0.1) is 30.2 Å². The summed E-state index contributed by atoms with van der Waals surface area (Å²) in [5.74, 6) is -1.08. The average Bonchev–Trinajstić information content (AvgIpc) is 3.71. The molecular weight excluding hydrogens is 757 g/mol. The number of rotatable bonds is 13. The summed E-state index contributed by atoms with van der Waals surface area (Å²) in [7, 11) is 0. The highest BCUT2D eigenvalue weighted by atomic mass is 35.5. The molecule has 2 saturated heterocycles. The molecule has 0 saturated carbocycles. The van der Waals surface area contributed by atoms with Gasteiger partial charge in [0.25, 0.3) is 0 Å². The molecule has 308 valence electrons. The number of piperidine rings is 1. The Morgan fingerprint density at radius 1 is 1.09 bits per heavy atom. The standard InChI is InChI=1S/C42H53ClFN5O8/c1-25-23-48(33(50)21-40(2,3)4)16-15-42(25,44)29-19-26(43)22-45-38(29)55-27-20-30(39(53)57-41(5,6)7)49(24-27)37-36-35(28-11-8-9-12-31(28)56-36)46-32(47-37)13-10-17-54-18-14-34(51)52/h8-9,11-12,19,22,25,27,30H,10,13-18,20-21,23-24H2,1-7H3,(H,51,52)/t25-,27-,30-,42+/m0/s1. The highest BCUT2D eigenvalue weighted by Crippen LogP contribution is 2.46. The molecule has 2 fully saturated rings. The number of pyridine rings is 1. The molecule has 4 atom stereocenters. The summed E-state index contributed by atoms with van der Waals surface area (Å²) in [5.41, 5.74) is -1.12. The van der Waals surface area contributed by atoms with Gasteiger partial charge in [-0.25, -0.2) is 24.1 Å². The molecule has 2 aliphatic heterocycles. The number of nitrogens with zero attached hydrogens (tertiary/aromatic N) is 5. The van der Waals surface area contributed by atoms with Gasteiger partial charge in [0, 0.05) is 62.9 Å². The number of halogens is 2. The minimum Gasteiger partial charge on any atom is -0.481 e. The minimum absolute atomic E-state index is 0.00756. The molecule has 5 heterocycles. The number of hydrogen-bond donors (Lipinski definition) is 1. The number of aryl methyl sites for hydroxylation is 1. The third-order valence-electron chi connectivity index (χ3n) is 10.2. The second-order valence-corrected chi connectivity index (χ2v) is 17.8. The number of ether oxygens (including phenoxy) is 3. The monoisotopic (exact) mass is 809 g/mol. The number of aromatic nitrogens is 3. The van der Waals surface area contributed by atoms with Gasteiger partial charge in [0.15, 0.2) is 11.4 Å². The predicted octanol–water partition coefficient (Wildman–Crippen LogP) is 7.69. The van der Waals surface area contributed by atoms with E-state index >= 15 is 4.39 Å². The fourth-order valence-corrected chi connectivity index (χ4v) is 7.67. The number of para-hydroxylation sites is 1. The van der Waals surface area contributed by atoms with Gasteiger partial charge in [-0.2, -0.15) is 0 Å². The van der Waals surface area contributed by atoms with Gasteiger partial charge in [-0.1, -0.05) is 51.4 Å². The number of carboxylic acid groups (broad SMARTS) is 1. The smallest absolute Gasteiger partial charge is 0.329 e. The summed E-state index contributed by atoms with van der Waals surface area (Å²) < 4.78 is 41.8. The predicted molar refractivity (Wildman–Crippen MR) is 213 cm³/mol. The van der Waals surface area contributed by atoms with Crippen molar-refractivity contribution in [3.05, 3.63) is 52.9 Å². The van der Waals surface area contributed by atoms with Crippen LogP contribution < -0.4 is 9.64 Å². The lowest BCUT2D eigenvalue weighted by Crippen LogP contribution is -2.49. The van der Waals surface area contributed by atoms with E-state index in [2.05, 4.69) is 4.98 Å². The zero-order chi connectivity index (χ0) is 41.3. The summed E-state index contributed by atoms with van der Waals surface area (Å²) in [6, 6.07) is 8.18. The van der Waals surface area contributed by atoms with Crippen LogP contribution in [-0.4, -0.2) is 93.4 Å². The molecule has 15 heteroatoms. The van der Waals surface area contributed by atoms with Gasteiger partial charge < -0.3 is 33.5 Å². The van der Waals surface area contributed by atoms with Crippen molar-refractivity contribution in [1.29, 1.82) is 0 Å². The summed E-state index contributed by atoms with van der Waals surface area (Å²) in [4.78, 5) is 55.8. The molecular formula is C42H53ClFN5O8. The van der Waals surface area contributed by atoms with Crippen LogP contribution in [0.4, 0.5) is 10.2 Å². The molecule has 1 amide bonds. The Hall–Kier alpha value is -4.56. The number of carbonyl (C=O) groups excluding carboxylic acids is 2. The van der Waals surface area contributed by atoms with Crippen molar-refractivity contribution >= 4 is 57.3 Å². The number of carbonyl (C=O) groups is 3. The lowest BCUT2D eigenvalue weighted by molar-refractivity contribution is -0.156. The van der Waals surface area contributed by atoms with Crippen molar-refractivity contribution in [1.82, 2.24) is 19.9 Å². The first kappa shape index (κ1) is 42.1. The van der Waals surface area contributed by atoms with Crippen LogP contribution in [0.25, 0.3) is 22.1 Å². The van der Waals surface area contributed by atoms with E-state index in [1.54, 1.807) is 43.6 Å². The summed E-state index contributed by atoms with van der Waals surface area (Å²) in [6.45, 7) is 14.2. The van der Waals surface area contributed by atoms with Crippen molar-refractivity contribution in [3.8, 4) is 5.88 Å². The fraction of sp³-hybridized carbons (Fsp3) is 0.571. The largest absolute Gasteiger partial charge is 0.481 e. The molecule has 0 radical (unpaired) electrons. The van der Waals surface area contributed by atoms with Crippen molar-refractivity contribution in [2.75, 3.05) is 37.7 Å². The maximum atomic E-state index is 17.4. The van der Waals surface area contributed by atoms with Gasteiger partial charge in [0.2, 0.25) is 11.8 Å². The van der Waals surface area contributed by atoms with Crippen LogP contribution in [0, 0.1) is 11.3 Å². The van der Waals surface area contributed by atoms with Crippen LogP contribution in [0.2, 0.25) is 5.02 Å². The molecule has 0 unspecified atom stereocenters. The van der Waals surface area contributed by atoms with Crippen LogP contribution in [0.5, 0.6) is 5.88 Å². The van der Waals surface area contributed by atoms with Crippen LogP contribution in [-0.2, 0) is 35.9 Å². The highest BCUT2D eigenvalue weighted by Gasteiger charge is 2.48. The third-order valence-corrected chi connectivity index (χ3v) is 10.4. The van der Waals surface area contributed by atoms with E-state index < -0.39 is 41.3 Å². The van der Waals surface area contributed by atoms with Crippen molar-refractivity contribution in [2.24, 2.45) is 11.3 Å². The number of amides is 1. The highest BCUT2D eigenvalue weighted by molar-refractivity contribution is 6.30. The van der Waals surface area contributed by atoms with Crippen LogP contribution in [0.1, 0.15) is 92.0 Å². The lowest BCUT2D eigenvalue weighted by Gasteiger charge is -2.42. The second-order valence-electron chi connectivity index (χ2n) is 17.4. The summed E-state index contributed by atoms with van der Waals surface area (Å²) >= 11 is 6.45. The number of aliphatic carboxylic acids is 1. The molecule has 0 spiro atoms. The number of anilines is 1.